The lowest BCUT2D eigenvalue weighted by atomic mass is 10.0. The molecule has 84 valence electrons. The molecule has 0 saturated carbocycles. The molecule has 1 aromatic carbocycles. The van der Waals surface area contributed by atoms with Gasteiger partial charge in [-0.25, -0.2) is 0 Å². The zero-order valence-electron chi connectivity index (χ0n) is 9.02. The zero-order valence-corrected chi connectivity index (χ0v) is 9.02. The first-order valence-corrected chi connectivity index (χ1v) is 5.43. The molecule has 3 heteroatoms. The van der Waals surface area contributed by atoms with Gasteiger partial charge < -0.3 is 10.8 Å². The molecule has 0 aliphatic heterocycles. The van der Waals surface area contributed by atoms with E-state index in [1.165, 1.54) is 16.7 Å². The summed E-state index contributed by atoms with van der Waals surface area (Å²) in [6.45, 7) is 0. The molecular formula is C13H15NO2. The van der Waals surface area contributed by atoms with Gasteiger partial charge in [-0.15, -0.1) is 0 Å². The van der Waals surface area contributed by atoms with Crippen LogP contribution in [-0.2, 0) is 17.6 Å². The Bertz CT molecular complexity index is 438. The number of carboxylic acid groups (broad SMARTS) is 1. The highest BCUT2D eigenvalue weighted by molar-refractivity contribution is 5.73. The van der Waals surface area contributed by atoms with E-state index < -0.39 is 12.0 Å². The Labute approximate surface area is 94.6 Å². The average molecular weight is 217 g/mol. The molecule has 3 N–H and O–H groups in total. The van der Waals surface area contributed by atoms with Crippen molar-refractivity contribution in [2.45, 2.75) is 25.3 Å². The lowest BCUT2D eigenvalue weighted by Gasteiger charge is -2.07. The van der Waals surface area contributed by atoms with Crippen molar-refractivity contribution in [2.24, 2.45) is 5.73 Å². The number of allylic oxidation sites excluding steroid dienone is 1. The summed E-state index contributed by atoms with van der Waals surface area (Å²) in [5, 5.41) is 8.68. The second kappa shape index (κ2) is 4.49. The zero-order chi connectivity index (χ0) is 11.5. The number of nitrogens with two attached hydrogens (primary N) is 1. The van der Waals surface area contributed by atoms with E-state index >= 15 is 0 Å². The van der Waals surface area contributed by atoms with Crippen molar-refractivity contribution in [3.05, 3.63) is 41.0 Å². The number of aliphatic carboxylic acids is 1. The first kappa shape index (κ1) is 10.9. The maximum absolute atomic E-state index is 10.6. The maximum atomic E-state index is 10.6. The monoisotopic (exact) mass is 217 g/mol. The lowest BCUT2D eigenvalue weighted by Crippen LogP contribution is -2.30. The molecule has 1 unspecified atom stereocenters. The van der Waals surface area contributed by atoms with Gasteiger partial charge in [-0.3, -0.25) is 4.79 Å². The fourth-order valence-corrected chi connectivity index (χ4v) is 1.91. The van der Waals surface area contributed by atoms with Gasteiger partial charge in [0, 0.05) is 0 Å². The second-order valence-electron chi connectivity index (χ2n) is 4.12. The summed E-state index contributed by atoms with van der Waals surface area (Å²) >= 11 is 0. The normalized spacial score (nSPS) is 14.8. The van der Waals surface area contributed by atoms with Crippen molar-refractivity contribution in [3.63, 3.8) is 0 Å². The molecule has 0 aromatic heterocycles. The standard InChI is InChI=1S/C13H15NO2/c14-12(13(15)16)7-5-9-4-6-10-2-1-3-11(10)8-9/h1-2,4,6,8,12H,3,5,7,14H2,(H,15,16). The quantitative estimate of drug-likeness (QED) is 0.805. The van der Waals surface area contributed by atoms with Crippen LogP contribution in [-0.4, -0.2) is 17.1 Å². The van der Waals surface area contributed by atoms with E-state index in [-0.39, 0.29) is 0 Å². The molecule has 1 aliphatic rings. The van der Waals surface area contributed by atoms with Crippen molar-refractivity contribution >= 4 is 12.0 Å². The largest absolute Gasteiger partial charge is 0.480 e. The third-order valence-electron chi connectivity index (χ3n) is 2.90. The van der Waals surface area contributed by atoms with Gasteiger partial charge >= 0.3 is 5.97 Å². The Kier molecular flexibility index (Phi) is 3.06. The van der Waals surface area contributed by atoms with Crippen LogP contribution in [0.25, 0.3) is 6.08 Å². The summed E-state index contributed by atoms with van der Waals surface area (Å²) in [6.07, 6.45) is 6.44. The number of carbonyl (C=O) groups is 1. The molecule has 1 atom stereocenters. The molecule has 1 aromatic rings. The molecule has 2 rings (SSSR count). The Balaban J connectivity index is 1.99. The van der Waals surface area contributed by atoms with Gasteiger partial charge in [-0.05, 0) is 36.0 Å². The average Bonchev–Trinajstić information content (AvgIpc) is 2.72. The van der Waals surface area contributed by atoms with Crippen LogP contribution < -0.4 is 5.73 Å². The maximum Gasteiger partial charge on any atom is 0.320 e. The molecule has 0 radical (unpaired) electrons. The number of hydrogen-bond acceptors (Lipinski definition) is 2. The summed E-state index contributed by atoms with van der Waals surface area (Å²) in [6, 6.07) is 5.51. The highest BCUT2D eigenvalue weighted by atomic mass is 16.4. The molecule has 0 fully saturated rings. The smallest absolute Gasteiger partial charge is 0.320 e. The summed E-state index contributed by atoms with van der Waals surface area (Å²) in [5.41, 5.74) is 9.22. The minimum Gasteiger partial charge on any atom is -0.480 e. The number of hydrogen-bond donors (Lipinski definition) is 2. The summed E-state index contributed by atoms with van der Waals surface area (Å²) in [4.78, 5) is 10.6. The van der Waals surface area contributed by atoms with Crippen molar-refractivity contribution in [1.82, 2.24) is 0 Å². The van der Waals surface area contributed by atoms with E-state index in [9.17, 15) is 4.79 Å². The third kappa shape index (κ3) is 2.31. The molecule has 0 amide bonds. The number of benzene rings is 1. The van der Waals surface area contributed by atoms with Gasteiger partial charge in [-0.2, -0.15) is 0 Å². The fraction of sp³-hybridized carbons (Fsp3) is 0.308. The fourth-order valence-electron chi connectivity index (χ4n) is 1.91. The highest BCUT2D eigenvalue weighted by Gasteiger charge is 2.12. The first-order chi connectivity index (χ1) is 7.66. The topological polar surface area (TPSA) is 63.3 Å². The van der Waals surface area contributed by atoms with Gasteiger partial charge in [0.05, 0.1) is 0 Å². The van der Waals surface area contributed by atoms with Gasteiger partial charge in [0.1, 0.15) is 6.04 Å². The summed E-state index contributed by atoms with van der Waals surface area (Å²) < 4.78 is 0. The van der Waals surface area contributed by atoms with Gasteiger partial charge in [0.2, 0.25) is 0 Å². The molecule has 0 bridgehead atoms. The predicted octanol–water partition coefficient (Wildman–Crippen LogP) is 1.60. The van der Waals surface area contributed by atoms with E-state index in [2.05, 4.69) is 24.3 Å². The summed E-state index contributed by atoms with van der Waals surface area (Å²) in [5.74, 6) is -0.928. The van der Waals surface area contributed by atoms with Crippen LogP contribution in [0.5, 0.6) is 0 Å². The third-order valence-corrected chi connectivity index (χ3v) is 2.90. The Hall–Kier alpha value is -1.61. The minimum absolute atomic E-state index is 0.488. The highest BCUT2D eigenvalue weighted by Crippen LogP contribution is 2.21. The van der Waals surface area contributed by atoms with E-state index in [4.69, 9.17) is 10.8 Å². The van der Waals surface area contributed by atoms with Crippen LogP contribution in [0.2, 0.25) is 0 Å². The van der Waals surface area contributed by atoms with Crippen molar-refractivity contribution in [3.8, 4) is 0 Å². The minimum atomic E-state index is -0.928. The molecule has 0 heterocycles. The van der Waals surface area contributed by atoms with Crippen LogP contribution in [0.4, 0.5) is 0 Å². The molecule has 0 spiro atoms. The van der Waals surface area contributed by atoms with Crippen LogP contribution in [0.1, 0.15) is 23.1 Å². The van der Waals surface area contributed by atoms with Gasteiger partial charge in [0.25, 0.3) is 0 Å². The van der Waals surface area contributed by atoms with Gasteiger partial charge in [-0.1, -0.05) is 30.4 Å². The van der Waals surface area contributed by atoms with E-state index in [1.54, 1.807) is 0 Å². The van der Waals surface area contributed by atoms with Crippen LogP contribution in [0.3, 0.4) is 0 Å². The molecular weight excluding hydrogens is 202 g/mol. The van der Waals surface area contributed by atoms with Crippen molar-refractivity contribution in [1.29, 1.82) is 0 Å². The van der Waals surface area contributed by atoms with E-state index in [0.717, 1.165) is 12.8 Å². The number of fused-ring (bicyclic) bond motifs is 1. The lowest BCUT2D eigenvalue weighted by molar-refractivity contribution is -0.138. The van der Waals surface area contributed by atoms with Crippen LogP contribution >= 0.6 is 0 Å². The molecule has 3 nitrogen and oxygen atoms in total. The predicted molar refractivity (Wildman–Crippen MR) is 63.1 cm³/mol. The van der Waals surface area contributed by atoms with Gasteiger partial charge in [0.15, 0.2) is 0 Å². The Morgan fingerprint density at radius 3 is 3.06 bits per heavy atom. The number of aryl methyl sites for hydroxylation is 1. The second-order valence-corrected chi connectivity index (χ2v) is 4.12. The van der Waals surface area contributed by atoms with Crippen LogP contribution in [0.15, 0.2) is 24.3 Å². The van der Waals surface area contributed by atoms with Crippen molar-refractivity contribution in [2.75, 3.05) is 0 Å². The SMILES string of the molecule is NC(CCc1ccc2c(c1)CC=C2)C(=O)O. The summed E-state index contributed by atoms with van der Waals surface area (Å²) in [7, 11) is 0. The Morgan fingerprint density at radius 1 is 1.50 bits per heavy atom. The van der Waals surface area contributed by atoms with E-state index in [0.29, 0.717) is 6.42 Å². The van der Waals surface area contributed by atoms with Crippen LogP contribution in [0, 0.1) is 0 Å². The molecule has 16 heavy (non-hydrogen) atoms. The number of rotatable bonds is 4. The van der Waals surface area contributed by atoms with E-state index in [1.807, 2.05) is 6.07 Å². The van der Waals surface area contributed by atoms with Crippen molar-refractivity contribution < 1.29 is 9.90 Å². The molecule has 1 aliphatic carbocycles. The number of carboxylic acids is 1. The molecule has 0 saturated heterocycles. The first-order valence-electron chi connectivity index (χ1n) is 5.43. The Morgan fingerprint density at radius 2 is 2.31 bits per heavy atom.